The average Bonchev–Trinajstić information content (AvgIpc) is 3.26. The van der Waals surface area contributed by atoms with Gasteiger partial charge in [0.05, 0.1) is 5.56 Å². The van der Waals surface area contributed by atoms with Crippen molar-refractivity contribution in [3.8, 4) is 6.07 Å². The molecule has 3 rings (SSSR count). The van der Waals surface area contributed by atoms with Crippen LogP contribution in [0.25, 0.3) is 0 Å². The molecule has 23 heavy (non-hydrogen) atoms. The Morgan fingerprint density at radius 3 is 3.09 bits per heavy atom. The fraction of sp³-hybridized carbons (Fsp3) is 0.400. The van der Waals surface area contributed by atoms with E-state index in [9.17, 15) is 4.79 Å². The molecule has 1 atom stereocenters. The zero-order valence-electron chi connectivity index (χ0n) is 12.4. The fourth-order valence-corrected chi connectivity index (χ4v) is 2.26. The minimum atomic E-state index is -0.259. The van der Waals surface area contributed by atoms with Crippen molar-refractivity contribution in [3.05, 3.63) is 41.3 Å². The first kappa shape index (κ1) is 15.1. The third-order valence-corrected chi connectivity index (χ3v) is 3.46. The number of nitriles is 1. The highest BCUT2D eigenvalue weighted by Gasteiger charge is 2.23. The van der Waals surface area contributed by atoms with Gasteiger partial charge in [0.25, 0.3) is 11.8 Å². The second-order valence-corrected chi connectivity index (χ2v) is 5.10. The van der Waals surface area contributed by atoms with E-state index in [0.717, 1.165) is 19.4 Å². The summed E-state index contributed by atoms with van der Waals surface area (Å²) in [5.41, 5.74) is 0.673. The number of hydrogen-bond acceptors (Lipinski definition) is 7. The van der Waals surface area contributed by atoms with Crippen molar-refractivity contribution in [1.82, 2.24) is 20.4 Å². The summed E-state index contributed by atoms with van der Waals surface area (Å²) in [4.78, 5) is 20.1. The fourth-order valence-electron chi connectivity index (χ4n) is 2.26. The summed E-state index contributed by atoms with van der Waals surface area (Å²) < 4.78 is 10.7. The number of aromatic nitrogens is 3. The van der Waals surface area contributed by atoms with E-state index in [-0.39, 0.29) is 17.7 Å². The van der Waals surface area contributed by atoms with Crippen LogP contribution in [0.15, 0.2) is 22.9 Å². The average molecular weight is 313 g/mol. The van der Waals surface area contributed by atoms with E-state index >= 15 is 0 Å². The van der Waals surface area contributed by atoms with Crippen LogP contribution in [0.4, 0.5) is 0 Å². The molecule has 1 aliphatic heterocycles. The monoisotopic (exact) mass is 313 g/mol. The Morgan fingerprint density at radius 1 is 1.48 bits per heavy atom. The summed E-state index contributed by atoms with van der Waals surface area (Å²) >= 11 is 0. The SMILES string of the molecule is N#Cc1ccc(C(=O)NCCc2noc([C@@H]3CCCO3)n2)cn1. The maximum absolute atomic E-state index is 11.9. The Morgan fingerprint density at radius 2 is 2.39 bits per heavy atom. The van der Waals surface area contributed by atoms with Crippen molar-refractivity contribution in [1.29, 1.82) is 5.26 Å². The van der Waals surface area contributed by atoms with E-state index in [2.05, 4.69) is 20.4 Å². The van der Waals surface area contributed by atoms with Crippen molar-refractivity contribution in [2.75, 3.05) is 13.2 Å². The highest BCUT2D eigenvalue weighted by atomic mass is 16.5. The van der Waals surface area contributed by atoms with E-state index in [4.69, 9.17) is 14.5 Å². The summed E-state index contributed by atoms with van der Waals surface area (Å²) in [5, 5.41) is 15.3. The van der Waals surface area contributed by atoms with Gasteiger partial charge in [-0.15, -0.1) is 0 Å². The van der Waals surface area contributed by atoms with E-state index in [1.165, 1.54) is 12.3 Å². The molecule has 0 spiro atoms. The second kappa shape index (κ2) is 6.98. The molecule has 0 bridgehead atoms. The molecule has 118 valence electrons. The first-order valence-corrected chi connectivity index (χ1v) is 7.34. The van der Waals surface area contributed by atoms with E-state index < -0.39 is 0 Å². The third-order valence-electron chi connectivity index (χ3n) is 3.46. The van der Waals surface area contributed by atoms with E-state index in [1.807, 2.05) is 6.07 Å². The van der Waals surface area contributed by atoms with Gasteiger partial charge in [0.2, 0.25) is 0 Å². The van der Waals surface area contributed by atoms with Gasteiger partial charge in [-0.2, -0.15) is 10.2 Å². The maximum atomic E-state index is 11.9. The van der Waals surface area contributed by atoms with Gasteiger partial charge in [-0.1, -0.05) is 5.16 Å². The van der Waals surface area contributed by atoms with Crippen LogP contribution in [-0.2, 0) is 11.2 Å². The number of rotatable bonds is 5. The van der Waals surface area contributed by atoms with E-state index in [0.29, 0.717) is 30.2 Å². The third kappa shape index (κ3) is 3.70. The minimum Gasteiger partial charge on any atom is -0.368 e. The molecule has 1 aliphatic rings. The first-order chi connectivity index (χ1) is 11.3. The standard InChI is InChI=1S/C15H15N5O3/c16-8-11-4-3-10(9-18-11)14(21)17-6-5-13-19-15(23-20-13)12-2-1-7-22-12/h3-4,9,12H,1-2,5-7H2,(H,17,21)/t12-/m0/s1. The van der Waals surface area contributed by atoms with Gasteiger partial charge < -0.3 is 14.6 Å². The van der Waals surface area contributed by atoms with Crippen molar-refractivity contribution >= 4 is 5.91 Å². The van der Waals surface area contributed by atoms with Crippen LogP contribution >= 0.6 is 0 Å². The smallest absolute Gasteiger partial charge is 0.255 e. The summed E-state index contributed by atoms with van der Waals surface area (Å²) in [6, 6.07) is 4.97. The highest BCUT2D eigenvalue weighted by molar-refractivity contribution is 5.93. The lowest BCUT2D eigenvalue weighted by molar-refractivity contribution is 0.0835. The molecule has 0 aliphatic carbocycles. The lowest BCUT2D eigenvalue weighted by Crippen LogP contribution is -2.26. The Balaban J connectivity index is 1.48. The molecule has 0 aromatic carbocycles. The van der Waals surface area contributed by atoms with Crippen molar-refractivity contribution in [2.24, 2.45) is 0 Å². The molecular formula is C15H15N5O3. The Kier molecular flexibility index (Phi) is 4.59. The van der Waals surface area contributed by atoms with Gasteiger partial charge in [-0.05, 0) is 25.0 Å². The zero-order chi connectivity index (χ0) is 16.1. The number of pyridine rings is 1. The van der Waals surface area contributed by atoms with Crippen molar-refractivity contribution in [3.63, 3.8) is 0 Å². The number of carbonyl (C=O) groups excluding carboxylic acids is 1. The molecule has 0 unspecified atom stereocenters. The summed E-state index contributed by atoms with van der Waals surface area (Å²) in [6.45, 7) is 1.10. The number of hydrogen-bond donors (Lipinski definition) is 1. The molecule has 8 nitrogen and oxygen atoms in total. The number of nitrogens with zero attached hydrogens (tertiary/aromatic N) is 4. The van der Waals surface area contributed by atoms with Crippen LogP contribution in [0.1, 0.15) is 46.7 Å². The van der Waals surface area contributed by atoms with Gasteiger partial charge >= 0.3 is 0 Å². The summed E-state index contributed by atoms with van der Waals surface area (Å²) in [6.07, 6.45) is 3.63. The van der Waals surface area contributed by atoms with Crippen molar-refractivity contribution in [2.45, 2.75) is 25.4 Å². The van der Waals surface area contributed by atoms with Gasteiger partial charge in [0.1, 0.15) is 17.9 Å². The molecule has 1 N–H and O–H groups in total. The molecular weight excluding hydrogens is 298 g/mol. The van der Waals surface area contributed by atoms with Crippen molar-refractivity contribution < 1.29 is 14.1 Å². The van der Waals surface area contributed by atoms with Crippen LogP contribution in [-0.4, -0.2) is 34.2 Å². The first-order valence-electron chi connectivity index (χ1n) is 7.34. The van der Waals surface area contributed by atoms with E-state index in [1.54, 1.807) is 6.07 Å². The van der Waals surface area contributed by atoms with Gasteiger partial charge in [0.15, 0.2) is 5.82 Å². The highest BCUT2D eigenvalue weighted by Crippen LogP contribution is 2.26. The Labute approximate surface area is 132 Å². The molecule has 0 saturated carbocycles. The predicted molar refractivity (Wildman–Crippen MR) is 77.2 cm³/mol. The second-order valence-electron chi connectivity index (χ2n) is 5.10. The lowest BCUT2D eigenvalue weighted by Gasteiger charge is -2.03. The molecule has 2 aromatic rings. The number of nitrogens with one attached hydrogen (secondary N) is 1. The molecule has 0 radical (unpaired) electrons. The van der Waals surface area contributed by atoms with Crippen LogP contribution in [0.2, 0.25) is 0 Å². The van der Waals surface area contributed by atoms with Gasteiger partial charge in [0, 0.05) is 25.8 Å². The number of carbonyl (C=O) groups is 1. The van der Waals surface area contributed by atoms with Crippen LogP contribution < -0.4 is 5.32 Å². The Hall–Kier alpha value is -2.79. The topological polar surface area (TPSA) is 114 Å². The summed E-state index contributed by atoms with van der Waals surface area (Å²) in [5.74, 6) is 0.777. The van der Waals surface area contributed by atoms with Gasteiger partial charge in [-0.25, -0.2) is 4.98 Å². The maximum Gasteiger partial charge on any atom is 0.255 e. The zero-order valence-corrected chi connectivity index (χ0v) is 12.4. The van der Waals surface area contributed by atoms with Gasteiger partial charge in [-0.3, -0.25) is 4.79 Å². The minimum absolute atomic E-state index is 0.101. The molecule has 8 heteroatoms. The largest absolute Gasteiger partial charge is 0.368 e. The lowest BCUT2D eigenvalue weighted by atomic mass is 10.2. The quantitative estimate of drug-likeness (QED) is 0.880. The molecule has 1 saturated heterocycles. The van der Waals surface area contributed by atoms with Crippen LogP contribution in [0.3, 0.4) is 0 Å². The number of amides is 1. The molecule has 1 amide bonds. The number of ether oxygens (including phenoxy) is 1. The normalized spacial score (nSPS) is 16.9. The molecule has 2 aromatic heterocycles. The predicted octanol–water partition coefficient (Wildman–Crippen LogP) is 1.16. The van der Waals surface area contributed by atoms with Crippen LogP contribution in [0.5, 0.6) is 0 Å². The van der Waals surface area contributed by atoms with Crippen LogP contribution in [0, 0.1) is 11.3 Å². The Bertz CT molecular complexity index is 713. The molecule has 1 fully saturated rings. The molecule has 3 heterocycles. The summed E-state index contributed by atoms with van der Waals surface area (Å²) in [7, 11) is 0.